The summed E-state index contributed by atoms with van der Waals surface area (Å²) in [6.45, 7) is 42.7. The first-order chi connectivity index (χ1) is 28.3. The molecule has 0 nitrogen and oxygen atoms in total. The van der Waals surface area contributed by atoms with Gasteiger partial charge in [0, 0.05) is 21.4 Å². The summed E-state index contributed by atoms with van der Waals surface area (Å²) < 4.78 is 0. The van der Waals surface area contributed by atoms with Gasteiger partial charge in [0.1, 0.15) is 0 Å². The Bertz CT molecular complexity index is 2060. The molecular weight excluding hydrogens is 749 g/mol. The molecule has 0 saturated heterocycles. The van der Waals surface area contributed by atoms with Gasteiger partial charge in [-0.25, -0.2) is 0 Å². The van der Waals surface area contributed by atoms with Gasteiger partial charge in [0.2, 0.25) is 0 Å². The smallest absolute Gasteiger partial charge is 0.0397 e. The lowest BCUT2D eigenvalue weighted by atomic mass is 9.77. The molecule has 0 heterocycles. The molecule has 2 aliphatic rings. The molecule has 0 bridgehead atoms. The fourth-order valence-electron chi connectivity index (χ4n) is 10.0. The first-order valence-electron chi connectivity index (χ1n) is 24.1. The van der Waals surface area contributed by atoms with E-state index in [1.807, 2.05) is 0 Å². The van der Waals surface area contributed by atoms with Crippen LogP contribution in [0.25, 0.3) is 34.4 Å². The molecule has 4 aromatic rings. The van der Waals surface area contributed by atoms with Crippen LogP contribution in [-0.4, -0.2) is 9.52 Å². The van der Waals surface area contributed by atoms with Gasteiger partial charge < -0.3 is 0 Å². The fraction of sp³-hybridized carbons (Fsp3) is 0.533. The summed E-state index contributed by atoms with van der Waals surface area (Å²) in [4.78, 5) is 0. The molecule has 61 heavy (non-hydrogen) atoms. The molecule has 2 aliphatic carbocycles. The Balaban J connectivity index is 1.41. The molecule has 6 rings (SSSR count). The van der Waals surface area contributed by atoms with Crippen LogP contribution < -0.4 is 0 Å². The SMILES string of the molecule is CCCC1=Cc2c(ccc(C(C)C)c2-c2cc(C(C)(C)C)cc(C(C)(C)C)c2)C1C[Si]CC1C(CCC)=Cc2c1ccc(C(C)C)c2-c1cc(C(C)(C)C)cc(C(C)(C)C)c1. The van der Waals surface area contributed by atoms with Crippen LogP contribution in [0, 0.1) is 0 Å². The highest BCUT2D eigenvalue weighted by Gasteiger charge is 2.33. The predicted octanol–water partition coefficient (Wildman–Crippen LogP) is 18.3. The highest BCUT2D eigenvalue weighted by molar-refractivity contribution is 6.36. The zero-order valence-corrected chi connectivity index (χ0v) is 43.0. The lowest BCUT2D eigenvalue weighted by Crippen LogP contribution is -2.16. The second-order valence-corrected chi connectivity index (χ2v) is 25.0. The number of hydrogen-bond donors (Lipinski definition) is 0. The third kappa shape index (κ3) is 9.88. The number of rotatable bonds is 12. The molecule has 2 unspecified atom stereocenters. The lowest BCUT2D eigenvalue weighted by Gasteiger charge is -2.28. The minimum Gasteiger partial charge on any atom is -0.0651 e. The lowest BCUT2D eigenvalue weighted by molar-refractivity contribution is 0.568. The summed E-state index contributed by atoms with van der Waals surface area (Å²) in [6, 6.07) is 27.6. The molecule has 0 amide bonds. The molecule has 0 aliphatic heterocycles. The Morgan fingerprint density at radius 2 is 0.770 bits per heavy atom. The van der Waals surface area contributed by atoms with Gasteiger partial charge in [-0.05, 0) is 124 Å². The molecule has 2 atom stereocenters. The Morgan fingerprint density at radius 3 is 1.03 bits per heavy atom. The van der Waals surface area contributed by atoms with Gasteiger partial charge in [0.15, 0.2) is 0 Å². The number of allylic oxidation sites excluding steroid dienone is 2. The van der Waals surface area contributed by atoms with Crippen LogP contribution >= 0.6 is 0 Å². The zero-order chi connectivity index (χ0) is 45.0. The zero-order valence-electron chi connectivity index (χ0n) is 42.0. The van der Waals surface area contributed by atoms with E-state index in [4.69, 9.17) is 0 Å². The predicted molar refractivity (Wildman–Crippen MR) is 273 cm³/mol. The third-order valence-electron chi connectivity index (χ3n) is 13.9. The van der Waals surface area contributed by atoms with E-state index in [1.54, 1.807) is 22.3 Å². The number of fused-ring (bicyclic) bond motifs is 2. The van der Waals surface area contributed by atoms with E-state index in [0.717, 1.165) is 9.52 Å². The van der Waals surface area contributed by atoms with Gasteiger partial charge in [0.05, 0.1) is 0 Å². The van der Waals surface area contributed by atoms with E-state index in [1.165, 1.54) is 105 Å². The first kappa shape index (κ1) is 47.1. The van der Waals surface area contributed by atoms with E-state index in [2.05, 4.69) is 197 Å². The maximum atomic E-state index is 2.65. The Kier molecular flexibility index (Phi) is 13.6. The fourth-order valence-corrected chi connectivity index (χ4v) is 11.7. The first-order valence-corrected chi connectivity index (χ1v) is 25.5. The minimum absolute atomic E-state index is 0.0751. The van der Waals surface area contributed by atoms with Gasteiger partial charge in [-0.1, -0.05) is 234 Å². The molecule has 1 heteroatoms. The maximum Gasteiger partial charge on any atom is 0.0397 e. The van der Waals surface area contributed by atoms with E-state index >= 15 is 0 Å². The molecule has 0 saturated carbocycles. The van der Waals surface area contributed by atoms with Gasteiger partial charge in [0.25, 0.3) is 0 Å². The summed E-state index contributed by atoms with van der Waals surface area (Å²) in [5, 5.41) is 0. The van der Waals surface area contributed by atoms with Crippen molar-refractivity contribution < 1.29 is 0 Å². The highest BCUT2D eigenvalue weighted by Crippen LogP contribution is 2.51. The molecule has 0 spiro atoms. The monoisotopic (exact) mass is 831 g/mol. The van der Waals surface area contributed by atoms with Crippen molar-refractivity contribution in [2.24, 2.45) is 0 Å². The van der Waals surface area contributed by atoms with Crippen molar-refractivity contribution in [2.75, 3.05) is 0 Å². The molecule has 4 aromatic carbocycles. The second kappa shape index (κ2) is 17.6. The van der Waals surface area contributed by atoms with Crippen molar-refractivity contribution in [3.8, 4) is 22.3 Å². The summed E-state index contributed by atoms with van der Waals surface area (Å²) >= 11 is 0. The van der Waals surface area contributed by atoms with Crippen molar-refractivity contribution in [1.82, 2.24) is 0 Å². The maximum absolute atomic E-state index is 2.65. The second-order valence-electron chi connectivity index (χ2n) is 23.7. The van der Waals surface area contributed by atoms with Crippen LogP contribution in [0.4, 0.5) is 0 Å². The van der Waals surface area contributed by atoms with E-state index in [9.17, 15) is 0 Å². The number of benzene rings is 4. The van der Waals surface area contributed by atoms with Crippen molar-refractivity contribution in [2.45, 2.75) is 208 Å². The molecule has 0 N–H and O–H groups in total. The Hall–Kier alpha value is -3.42. The molecule has 326 valence electrons. The van der Waals surface area contributed by atoms with E-state index in [-0.39, 0.29) is 21.7 Å². The van der Waals surface area contributed by atoms with Crippen LogP contribution in [0.2, 0.25) is 12.1 Å². The Labute approximate surface area is 377 Å². The Morgan fingerprint density at radius 1 is 0.459 bits per heavy atom. The largest absolute Gasteiger partial charge is 0.0651 e. The van der Waals surface area contributed by atoms with Crippen molar-refractivity contribution in [3.63, 3.8) is 0 Å². The molecule has 2 radical (unpaired) electrons. The van der Waals surface area contributed by atoms with Gasteiger partial charge in [-0.15, -0.1) is 0 Å². The van der Waals surface area contributed by atoms with E-state index < -0.39 is 0 Å². The van der Waals surface area contributed by atoms with Crippen LogP contribution in [0.3, 0.4) is 0 Å². The normalized spacial score (nSPS) is 17.0. The van der Waals surface area contributed by atoms with Gasteiger partial charge in [-0.3, -0.25) is 0 Å². The summed E-state index contributed by atoms with van der Waals surface area (Å²) in [5.41, 5.74) is 24.3. The van der Waals surface area contributed by atoms with Crippen molar-refractivity contribution in [1.29, 1.82) is 0 Å². The van der Waals surface area contributed by atoms with E-state index in [0.29, 0.717) is 23.7 Å². The van der Waals surface area contributed by atoms with Crippen LogP contribution in [0.1, 0.15) is 230 Å². The van der Waals surface area contributed by atoms with Crippen LogP contribution in [0.5, 0.6) is 0 Å². The van der Waals surface area contributed by atoms with Crippen molar-refractivity contribution in [3.05, 3.63) is 127 Å². The van der Waals surface area contributed by atoms with Gasteiger partial charge in [-0.2, -0.15) is 0 Å². The molecule has 0 fully saturated rings. The van der Waals surface area contributed by atoms with Crippen LogP contribution in [0.15, 0.2) is 71.8 Å². The van der Waals surface area contributed by atoms with Crippen molar-refractivity contribution >= 4 is 21.7 Å². The van der Waals surface area contributed by atoms with Gasteiger partial charge >= 0.3 is 0 Å². The highest BCUT2D eigenvalue weighted by atomic mass is 28.2. The van der Waals surface area contributed by atoms with Crippen LogP contribution in [-0.2, 0) is 21.7 Å². The summed E-state index contributed by atoms with van der Waals surface area (Å²) in [7, 11) is 0.897. The minimum atomic E-state index is 0.0751. The summed E-state index contributed by atoms with van der Waals surface area (Å²) in [5.74, 6) is 1.89. The average Bonchev–Trinajstić information content (AvgIpc) is 3.69. The quantitative estimate of drug-likeness (QED) is 0.125. The topological polar surface area (TPSA) is 0 Å². The molecular formula is C60H82Si. The third-order valence-corrected chi connectivity index (χ3v) is 15.2. The molecule has 0 aromatic heterocycles. The average molecular weight is 831 g/mol. The summed E-state index contributed by atoms with van der Waals surface area (Å²) in [6.07, 6.45) is 10.0. The number of hydrogen-bond acceptors (Lipinski definition) is 0. The standard InChI is InChI=1S/C60H82Si/c1-19-21-39-31-51-49(25-23-47(37(3)4)55(51)41-27-43(57(7,8)9)33-44(28-41)58(10,11)12)53(39)35-61-36-54-40(22-20-2)32-52-50(54)26-24-48(38(5)6)56(52)42-29-45(59(13,14)15)34-46(30-42)60(16,17)18/h23-34,37-38,53-54H,19-22,35-36H2,1-18H3.